The van der Waals surface area contributed by atoms with Gasteiger partial charge in [0.2, 0.25) is 5.91 Å². The number of halogens is 10. The van der Waals surface area contributed by atoms with Crippen molar-refractivity contribution in [3.05, 3.63) is 139 Å². The lowest BCUT2D eigenvalue weighted by atomic mass is 9.83. The Balaban J connectivity index is 0.000000272. The van der Waals surface area contributed by atoms with Crippen molar-refractivity contribution in [3.8, 4) is 11.5 Å². The van der Waals surface area contributed by atoms with Crippen LogP contribution in [0.4, 0.5) is 26.3 Å². The van der Waals surface area contributed by atoms with E-state index in [-0.39, 0.29) is 25.9 Å². The minimum absolute atomic E-state index is 0. The number of carbonyl (C=O) groups excluding carboxylic acids is 3. The van der Waals surface area contributed by atoms with Gasteiger partial charge in [-0.05, 0) is 209 Å². The molecule has 4 fully saturated rings. The number of piperidine rings is 4. The van der Waals surface area contributed by atoms with Crippen LogP contribution in [0.3, 0.4) is 0 Å². The van der Waals surface area contributed by atoms with Crippen molar-refractivity contribution < 1.29 is 70.3 Å². The Morgan fingerprint density at radius 1 is 0.558 bits per heavy atom. The zero-order valence-corrected chi connectivity index (χ0v) is 50.4. The number of carboxylic acids is 1. The van der Waals surface area contributed by atoms with Gasteiger partial charge >= 0.3 is 29.9 Å². The number of likely N-dealkylation sites (tertiary alicyclic amines) is 3. The van der Waals surface area contributed by atoms with E-state index in [1.54, 1.807) is 56.7 Å². The molecule has 2 atom stereocenters. The summed E-state index contributed by atoms with van der Waals surface area (Å²) in [5.74, 6) is -2.87. The van der Waals surface area contributed by atoms with Crippen molar-refractivity contribution in [3.63, 3.8) is 0 Å². The third-order valence-corrected chi connectivity index (χ3v) is 17.3. The third-order valence-electron chi connectivity index (χ3n) is 15.8. The molecule has 86 heavy (non-hydrogen) atoms. The lowest BCUT2D eigenvalue weighted by molar-refractivity contribution is -0.193. The van der Waals surface area contributed by atoms with Gasteiger partial charge in [-0.25, -0.2) is 4.79 Å². The van der Waals surface area contributed by atoms with Crippen molar-refractivity contribution in [2.24, 2.45) is 23.7 Å². The molecule has 0 spiro atoms. The van der Waals surface area contributed by atoms with Crippen molar-refractivity contribution in [1.82, 2.24) is 20.0 Å². The van der Waals surface area contributed by atoms with Crippen molar-refractivity contribution in [2.45, 2.75) is 83.0 Å². The van der Waals surface area contributed by atoms with Gasteiger partial charge in [0.05, 0.1) is 34.3 Å². The summed E-state index contributed by atoms with van der Waals surface area (Å²) in [4.78, 5) is 49.1. The van der Waals surface area contributed by atoms with Crippen LogP contribution in [0.1, 0.15) is 92.9 Å². The van der Waals surface area contributed by atoms with Crippen LogP contribution in [0.15, 0.2) is 97.1 Å². The summed E-state index contributed by atoms with van der Waals surface area (Å²) in [5.41, 5.74) is 4.38. The molecule has 4 aromatic rings. The summed E-state index contributed by atoms with van der Waals surface area (Å²) in [6.07, 6.45) is 3.35. The van der Waals surface area contributed by atoms with E-state index >= 15 is 0 Å². The van der Waals surface area contributed by atoms with Gasteiger partial charge < -0.3 is 44.8 Å². The molecule has 2 unspecified atom stereocenters. The number of aliphatic hydroxyl groups excluding tert-OH is 2. The number of carbonyl (C=O) groups is 4. The fourth-order valence-electron chi connectivity index (χ4n) is 10.9. The lowest BCUT2D eigenvalue weighted by Gasteiger charge is -2.39. The van der Waals surface area contributed by atoms with E-state index in [0.717, 1.165) is 114 Å². The number of nitrogens with zero attached hydrogens (tertiary/aromatic N) is 3. The van der Waals surface area contributed by atoms with E-state index in [4.69, 9.17) is 61.0 Å². The molecule has 4 N–H and O–H groups in total. The van der Waals surface area contributed by atoms with E-state index in [9.17, 15) is 55.7 Å². The van der Waals surface area contributed by atoms with Crippen LogP contribution in [0.2, 0.25) is 20.1 Å². The van der Waals surface area contributed by atoms with Gasteiger partial charge in [0.1, 0.15) is 11.5 Å². The van der Waals surface area contributed by atoms with Crippen LogP contribution in [-0.4, -0.2) is 159 Å². The first-order chi connectivity index (χ1) is 40.4. The number of carboxylic acid groups (broad SMARTS) is 1. The number of alkyl halides is 6. The Hall–Kier alpha value is -5.22. The molecule has 0 aromatic heterocycles. The predicted octanol–water partition coefficient (Wildman–Crippen LogP) is 13.2. The molecule has 4 heterocycles. The minimum atomic E-state index is -5.77. The highest BCUT2D eigenvalue weighted by Crippen LogP contribution is 2.34. The second kappa shape index (κ2) is 36.3. The number of ether oxygens (including phenoxy) is 2. The molecule has 4 saturated heterocycles. The Bertz CT molecular complexity index is 2780. The highest BCUT2D eigenvalue weighted by Gasteiger charge is 2.54. The van der Waals surface area contributed by atoms with Crippen LogP contribution in [0.5, 0.6) is 11.5 Å². The van der Waals surface area contributed by atoms with Gasteiger partial charge in [-0.2, -0.15) is 26.3 Å². The second-order valence-corrected chi connectivity index (χ2v) is 23.0. The second-order valence-electron chi connectivity index (χ2n) is 21.3. The molecule has 23 heteroatoms. The molecule has 4 aliphatic rings. The monoisotopic (exact) mass is 1290 g/mol. The molecule has 474 valence electrons. The van der Waals surface area contributed by atoms with E-state index < -0.39 is 29.9 Å². The normalized spacial score (nSPS) is 17.6. The number of rotatable bonds is 17. The summed E-state index contributed by atoms with van der Waals surface area (Å²) in [5, 5.41) is 33.6. The molecular formula is C63H78Cl4F6N4O9. The van der Waals surface area contributed by atoms with Crippen LogP contribution in [0, 0.1) is 23.7 Å². The van der Waals surface area contributed by atoms with Gasteiger partial charge in [0.25, 0.3) is 0 Å². The van der Waals surface area contributed by atoms with E-state index in [2.05, 4.69) is 51.5 Å². The first kappa shape index (κ1) is 73.3. The van der Waals surface area contributed by atoms with Gasteiger partial charge in [0.15, 0.2) is 0 Å². The number of hydrogen-bond donors (Lipinski definition) is 4. The van der Waals surface area contributed by atoms with Crippen molar-refractivity contribution >= 4 is 82.0 Å². The first-order valence-corrected chi connectivity index (χ1v) is 29.6. The summed E-state index contributed by atoms with van der Waals surface area (Å²) in [6.45, 7) is 10.6. The van der Waals surface area contributed by atoms with E-state index in [1.165, 1.54) is 42.9 Å². The number of nitrogens with one attached hydrogen (secondary N) is 1. The van der Waals surface area contributed by atoms with Crippen molar-refractivity contribution in [2.75, 3.05) is 92.9 Å². The van der Waals surface area contributed by atoms with Gasteiger partial charge in [-0.3, -0.25) is 14.4 Å². The number of amides is 1. The zero-order valence-electron chi connectivity index (χ0n) is 47.4. The van der Waals surface area contributed by atoms with Gasteiger partial charge in [0, 0.05) is 51.5 Å². The maximum Gasteiger partial charge on any atom is 0.458 e. The Labute approximate surface area is 520 Å². The fourth-order valence-corrected chi connectivity index (χ4v) is 11.5. The molecule has 8 rings (SSSR count). The molecule has 0 aliphatic carbocycles. The Morgan fingerprint density at radius 2 is 0.930 bits per heavy atom. The standard InChI is InChI=1S/C29H36Cl2N2O3.C20H32N2O2.C9H6Cl2O2.C4F6O2.CH4/c1-36-26-6-4-22(5-7-26)23-10-14-32(15-11-23)19-25(20-34)24-12-16-33(17-13-24)29(35)9-3-21-2-8-27(30)28(31)18-21;1-24-20-4-2-16(3-5-20)18-8-12-22(13-9-18)14-19(15-23)17-6-10-21-11-7-17;10-7-3-1-6(5-8(7)11)2-4-9(12)13;5-3(6,7)1(11)2(12)4(8,9)10;/h2-9,18,23-25,34H,10-17,19-20H2,1H3;2-5,17-19,21,23H,6-15H2,1H3;1-5H,(H,12,13);;1H4/b9-3+;;4-2+;;. The third kappa shape index (κ3) is 24.0. The lowest BCUT2D eigenvalue weighted by Crippen LogP contribution is -2.44. The molecule has 0 saturated carbocycles. The number of aliphatic hydroxyl groups is 2. The van der Waals surface area contributed by atoms with Crippen molar-refractivity contribution in [1.29, 1.82) is 0 Å². The predicted molar refractivity (Wildman–Crippen MR) is 326 cm³/mol. The highest BCUT2D eigenvalue weighted by molar-refractivity contribution is 6.42. The molecule has 4 aromatic carbocycles. The van der Waals surface area contributed by atoms with Gasteiger partial charge in [-0.15, -0.1) is 0 Å². The Kier molecular flexibility index (Phi) is 30.9. The van der Waals surface area contributed by atoms with Crippen LogP contribution < -0.4 is 14.8 Å². The van der Waals surface area contributed by atoms with E-state index in [0.29, 0.717) is 61.9 Å². The number of Topliss-reactive ketones (excluding diaryl/α,β-unsaturated/α-hetero) is 2. The molecule has 1 amide bonds. The molecule has 0 radical (unpaired) electrons. The summed E-state index contributed by atoms with van der Waals surface area (Å²) >= 11 is 23.4. The number of aliphatic carboxylic acids is 1. The fraction of sp³-hybridized carbons (Fsp3) is 0.492. The minimum Gasteiger partial charge on any atom is -0.497 e. The molecule has 13 nitrogen and oxygen atoms in total. The number of hydrogen-bond acceptors (Lipinski definition) is 11. The topological polar surface area (TPSA) is 169 Å². The SMILES string of the molecule is C.COc1ccc(C2CCN(CC(CO)C3CCN(C(=O)/C=C/c4ccc(Cl)c(Cl)c4)CC3)CC2)cc1.COc1ccc(C2CCN(CC(CO)C3CCNCC3)CC2)cc1.O=C(C(=O)C(F)(F)F)C(F)(F)F.O=C(O)/C=C/c1ccc(Cl)c(Cl)c1. The zero-order chi connectivity index (χ0) is 62.3. The highest BCUT2D eigenvalue weighted by atomic mass is 35.5. The smallest absolute Gasteiger partial charge is 0.458 e. The summed E-state index contributed by atoms with van der Waals surface area (Å²) in [7, 11) is 3.41. The summed E-state index contributed by atoms with van der Waals surface area (Å²) < 4.78 is 77.5. The number of benzene rings is 4. The average Bonchev–Trinajstić information content (AvgIpc) is 3.04. The number of ketones is 2. The van der Waals surface area contributed by atoms with Crippen LogP contribution in [-0.2, 0) is 19.2 Å². The average molecular weight is 1290 g/mol. The maximum atomic E-state index is 12.7. The molecule has 0 bridgehead atoms. The van der Waals surface area contributed by atoms with Crippen LogP contribution >= 0.6 is 46.4 Å². The Morgan fingerprint density at radius 3 is 1.27 bits per heavy atom. The quantitative estimate of drug-likeness (QED) is 0.0449. The van der Waals surface area contributed by atoms with E-state index in [1.807, 2.05) is 23.1 Å². The first-order valence-electron chi connectivity index (χ1n) is 28.1. The van der Waals surface area contributed by atoms with Gasteiger partial charge in [-0.1, -0.05) is 90.2 Å². The summed E-state index contributed by atoms with van der Waals surface area (Å²) in [6, 6.07) is 27.3. The molecule has 4 aliphatic heterocycles. The largest absolute Gasteiger partial charge is 0.497 e. The van der Waals surface area contributed by atoms with Crippen LogP contribution in [0.25, 0.3) is 12.2 Å². The molecular weight excluding hydrogens is 1210 g/mol. The number of methoxy groups -OCH3 is 2. The maximum absolute atomic E-state index is 12.7.